The summed E-state index contributed by atoms with van der Waals surface area (Å²) >= 11 is 0. The highest BCUT2D eigenvalue weighted by Gasteiger charge is 2.19. The number of nitrogens with one attached hydrogen (secondary N) is 1. The lowest BCUT2D eigenvalue weighted by Gasteiger charge is -2.07. The third-order valence-electron chi connectivity index (χ3n) is 3.97. The van der Waals surface area contributed by atoms with Gasteiger partial charge >= 0.3 is 5.97 Å². The molecule has 1 N–H and O–H groups in total. The summed E-state index contributed by atoms with van der Waals surface area (Å²) in [5.41, 5.74) is 1.71. The van der Waals surface area contributed by atoms with E-state index in [0.29, 0.717) is 22.6 Å². The summed E-state index contributed by atoms with van der Waals surface area (Å²) in [7, 11) is 1.55. The van der Waals surface area contributed by atoms with Gasteiger partial charge in [-0.25, -0.2) is 4.79 Å². The minimum absolute atomic E-state index is 0.174. The van der Waals surface area contributed by atoms with E-state index in [2.05, 4.69) is 5.32 Å². The van der Waals surface area contributed by atoms with Crippen LogP contribution < -0.4 is 10.1 Å². The number of benzene rings is 1. The molecule has 0 unspecified atom stereocenters. The number of hydrogen-bond donors (Lipinski definition) is 1. The van der Waals surface area contributed by atoms with Crippen LogP contribution in [-0.4, -0.2) is 35.8 Å². The Bertz CT molecular complexity index is 1000. The number of anilines is 1. The molecule has 27 heavy (non-hydrogen) atoms. The molecule has 0 atom stereocenters. The SMILES string of the molecule is COc1ccc(NC(=O)COC(=O)c2cc(C(C)=O)n3ccccc23)cc1. The molecule has 0 fully saturated rings. The van der Waals surface area contributed by atoms with Crippen LogP contribution in [0, 0.1) is 0 Å². The van der Waals surface area contributed by atoms with Gasteiger partial charge in [0.2, 0.25) is 0 Å². The van der Waals surface area contributed by atoms with Gasteiger partial charge in [-0.15, -0.1) is 0 Å². The first kappa shape index (κ1) is 18.2. The summed E-state index contributed by atoms with van der Waals surface area (Å²) in [5.74, 6) is -0.645. The lowest BCUT2D eigenvalue weighted by atomic mass is 10.2. The number of nitrogens with zero attached hydrogens (tertiary/aromatic N) is 1. The van der Waals surface area contributed by atoms with Gasteiger partial charge in [0.1, 0.15) is 5.75 Å². The summed E-state index contributed by atoms with van der Waals surface area (Å²) in [6, 6.07) is 13.5. The van der Waals surface area contributed by atoms with E-state index in [1.165, 1.54) is 13.0 Å². The number of carbonyl (C=O) groups is 3. The molecule has 0 radical (unpaired) electrons. The van der Waals surface area contributed by atoms with Crippen LogP contribution in [0.5, 0.6) is 5.75 Å². The van der Waals surface area contributed by atoms with E-state index in [-0.39, 0.29) is 11.3 Å². The molecule has 0 spiro atoms. The number of pyridine rings is 1. The second-order valence-corrected chi connectivity index (χ2v) is 5.81. The first-order valence-electron chi connectivity index (χ1n) is 8.21. The van der Waals surface area contributed by atoms with Crippen molar-refractivity contribution in [3.8, 4) is 5.75 Å². The molecule has 0 saturated carbocycles. The Morgan fingerprint density at radius 2 is 1.81 bits per heavy atom. The highest BCUT2D eigenvalue weighted by atomic mass is 16.5. The average molecular weight is 366 g/mol. The fraction of sp³-hybridized carbons (Fsp3) is 0.150. The van der Waals surface area contributed by atoms with Crippen molar-refractivity contribution in [2.45, 2.75) is 6.92 Å². The Hall–Kier alpha value is -3.61. The second kappa shape index (κ2) is 7.74. The average Bonchev–Trinajstić information content (AvgIpc) is 3.07. The number of methoxy groups -OCH3 is 1. The number of rotatable bonds is 6. The molecule has 2 heterocycles. The van der Waals surface area contributed by atoms with Crippen molar-refractivity contribution in [1.82, 2.24) is 4.40 Å². The number of ketones is 1. The molecule has 3 rings (SSSR count). The zero-order chi connectivity index (χ0) is 19.4. The fourth-order valence-electron chi connectivity index (χ4n) is 2.67. The number of carbonyl (C=O) groups excluding carboxylic acids is 3. The number of Topliss-reactive ketones (excluding diaryl/α,β-unsaturated/α-hetero) is 1. The smallest absolute Gasteiger partial charge is 0.340 e. The van der Waals surface area contributed by atoms with Crippen LogP contribution in [0.1, 0.15) is 27.8 Å². The van der Waals surface area contributed by atoms with E-state index < -0.39 is 18.5 Å². The van der Waals surface area contributed by atoms with Crippen LogP contribution in [0.25, 0.3) is 5.52 Å². The van der Waals surface area contributed by atoms with Gasteiger partial charge in [-0.2, -0.15) is 0 Å². The molecule has 0 aliphatic heterocycles. The lowest BCUT2D eigenvalue weighted by Crippen LogP contribution is -2.20. The number of fused-ring (bicyclic) bond motifs is 1. The monoisotopic (exact) mass is 366 g/mol. The summed E-state index contributed by atoms with van der Waals surface area (Å²) in [6.07, 6.45) is 1.69. The van der Waals surface area contributed by atoms with Gasteiger partial charge in [-0.3, -0.25) is 9.59 Å². The highest BCUT2D eigenvalue weighted by molar-refractivity contribution is 6.04. The largest absolute Gasteiger partial charge is 0.497 e. The first-order chi connectivity index (χ1) is 13.0. The molecule has 138 valence electrons. The van der Waals surface area contributed by atoms with Gasteiger partial charge in [0.15, 0.2) is 12.4 Å². The predicted molar refractivity (Wildman–Crippen MR) is 99.3 cm³/mol. The molecule has 1 aromatic carbocycles. The van der Waals surface area contributed by atoms with E-state index in [1.54, 1.807) is 60.2 Å². The lowest BCUT2D eigenvalue weighted by molar-refractivity contribution is -0.119. The van der Waals surface area contributed by atoms with Gasteiger partial charge in [0.25, 0.3) is 5.91 Å². The summed E-state index contributed by atoms with van der Waals surface area (Å²) in [4.78, 5) is 36.2. The molecule has 2 aromatic heterocycles. The van der Waals surface area contributed by atoms with Gasteiger partial charge in [-0.1, -0.05) is 6.07 Å². The minimum atomic E-state index is -0.670. The maximum Gasteiger partial charge on any atom is 0.340 e. The molecule has 0 saturated heterocycles. The number of amides is 1. The highest BCUT2D eigenvalue weighted by Crippen LogP contribution is 2.19. The van der Waals surface area contributed by atoms with Crippen molar-refractivity contribution in [3.05, 3.63) is 66.0 Å². The van der Waals surface area contributed by atoms with Crippen LogP contribution >= 0.6 is 0 Å². The van der Waals surface area contributed by atoms with Crippen molar-refractivity contribution in [2.24, 2.45) is 0 Å². The Balaban J connectivity index is 1.68. The quantitative estimate of drug-likeness (QED) is 0.535. The van der Waals surface area contributed by atoms with Crippen LogP contribution in [0.15, 0.2) is 54.7 Å². The van der Waals surface area contributed by atoms with E-state index in [9.17, 15) is 14.4 Å². The predicted octanol–water partition coefficient (Wildman–Crippen LogP) is 2.95. The van der Waals surface area contributed by atoms with Gasteiger partial charge < -0.3 is 19.2 Å². The van der Waals surface area contributed by atoms with E-state index in [4.69, 9.17) is 9.47 Å². The van der Waals surface area contributed by atoms with Crippen molar-refractivity contribution < 1.29 is 23.9 Å². The first-order valence-corrected chi connectivity index (χ1v) is 8.21. The Morgan fingerprint density at radius 3 is 2.48 bits per heavy atom. The van der Waals surface area contributed by atoms with Gasteiger partial charge in [-0.05, 0) is 42.5 Å². The van der Waals surface area contributed by atoms with Gasteiger partial charge in [0.05, 0.1) is 23.9 Å². The third kappa shape index (κ3) is 3.98. The number of esters is 1. The van der Waals surface area contributed by atoms with Crippen molar-refractivity contribution in [3.63, 3.8) is 0 Å². The number of hydrogen-bond acceptors (Lipinski definition) is 5. The Kier molecular flexibility index (Phi) is 5.21. The van der Waals surface area contributed by atoms with Crippen LogP contribution in [0.2, 0.25) is 0 Å². The molecule has 3 aromatic rings. The topological polar surface area (TPSA) is 86.1 Å². The maximum absolute atomic E-state index is 12.4. The molecular formula is C20H18N2O5. The third-order valence-corrected chi connectivity index (χ3v) is 3.97. The molecule has 7 heteroatoms. The minimum Gasteiger partial charge on any atom is -0.497 e. The fourth-order valence-corrected chi connectivity index (χ4v) is 2.67. The molecule has 0 aliphatic carbocycles. The summed E-state index contributed by atoms with van der Waals surface area (Å²) < 4.78 is 11.8. The molecular weight excluding hydrogens is 348 g/mol. The zero-order valence-corrected chi connectivity index (χ0v) is 14.9. The van der Waals surface area contributed by atoms with E-state index in [1.807, 2.05) is 0 Å². The standard InChI is InChI=1S/C20H18N2O5/c1-13(23)18-11-16(17-5-3-4-10-22(17)18)20(25)27-12-19(24)21-14-6-8-15(26-2)9-7-14/h3-11H,12H2,1-2H3,(H,21,24). The molecule has 0 bridgehead atoms. The Morgan fingerprint density at radius 1 is 1.07 bits per heavy atom. The van der Waals surface area contributed by atoms with E-state index in [0.717, 1.165) is 0 Å². The zero-order valence-electron chi connectivity index (χ0n) is 14.9. The number of aromatic nitrogens is 1. The maximum atomic E-state index is 12.4. The van der Waals surface area contributed by atoms with Crippen molar-refractivity contribution in [2.75, 3.05) is 19.0 Å². The molecule has 0 aliphatic rings. The van der Waals surface area contributed by atoms with Crippen molar-refractivity contribution >= 4 is 28.9 Å². The van der Waals surface area contributed by atoms with Crippen molar-refractivity contribution in [1.29, 1.82) is 0 Å². The number of ether oxygens (including phenoxy) is 2. The van der Waals surface area contributed by atoms with Crippen LogP contribution in [0.3, 0.4) is 0 Å². The van der Waals surface area contributed by atoms with Crippen LogP contribution in [-0.2, 0) is 9.53 Å². The summed E-state index contributed by atoms with van der Waals surface area (Å²) in [5, 5.41) is 2.63. The second-order valence-electron chi connectivity index (χ2n) is 5.81. The van der Waals surface area contributed by atoms with Gasteiger partial charge in [0, 0.05) is 18.8 Å². The normalized spacial score (nSPS) is 10.4. The van der Waals surface area contributed by atoms with Crippen LogP contribution in [0.4, 0.5) is 5.69 Å². The molecule has 7 nitrogen and oxygen atoms in total. The van der Waals surface area contributed by atoms with E-state index >= 15 is 0 Å². The Labute approximate surface area is 155 Å². The molecule has 1 amide bonds. The summed E-state index contributed by atoms with van der Waals surface area (Å²) in [6.45, 7) is 0.983.